The van der Waals surface area contributed by atoms with Crippen molar-refractivity contribution in [3.05, 3.63) is 0 Å². The Morgan fingerprint density at radius 3 is 2.76 bits per heavy atom. The fraction of sp³-hybridized carbons (Fsp3) is 0.833. The van der Waals surface area contributed by atoms with Crippen LogP contribution in [-0.4, -0.2) is 35.7 Å². The van der Waals surface area contributed by atoms with E-state index in [4.69, 9.17) is 9.84 Å². The second-order valence-corrected chi connectivity index (χ2v) is 4.83. The number of carbonyl (C=O) groups excluding carboxylic acids is 1. The molecular weight excluding hydrogens is 222 g/mol. The van der Waals surface area contributed by atoms with Gasteiger partial charge in [-0.2, -0.15) is 0 Å². The van der Waals surface area contributed by atoms with E-state index in [1.54, 1.807) is 0 Å². The van der Waals surface area contributed by atoms with Crippen LogP contribution < -0.4 is 5.32 Å². The molecule has 1 amide bonds. The second kappa shape index (κ2) is 5.04. The van der Waals surface area contributed by atoms with Gasteiger partial charge in [0.1, 0.15) is 0 Å². The molecule has 2 fully saturated rings. The van der Waals surface area contributed by atoms with E-state index in [2.05, 4.69) is 5.32 Å². The third-order valence-corrected chi connectivity index (χ3v) is 3.61. The van der Waals surface area contributed by atoms with Gasteiger partial charge in [-0.1, -0.05) is 6.42 Å². The smallest absolute Gasteiger partial charge is 0.308 e. The first kappa shape index (κ1) is 12.4. The maximum Gasteiger partial charge on any atom is 0.308 e. The quantitative estimate of drug-likeness (QED) is 0.746. The van der Waals surface area contributed by atoms with Crippen molar-refractivity contribution in [3.8, 4) is 0 Å². The van der Waals surface area contributed by atoms with Crippen molar-refractivity contribution < 1.29 is 19.4 Å². The molecule has 0 bridgehead atoms. The average Bonchev–Trinajstić information content (AvgIpc) is 2.88. The lowest BCUT2D eigenvalue weighted by Gasteiger charge is -2.17. The molecule has 5 nitrogen and oxygen atoms in total. The minimum absolute atomic E-state index is 0.0402. The first-order chi connectivity index (χ1) is 8.13. The van der Waals surface area contributed by atoms with Gasteiger partial charge in [-0.3, -0.25) is 9.59 Å². The zero-order valence-electron chi connectivity index (χ0n) is 10.0. The van der Waals surface area contributed by atoms with Gasteiger partial charge >= 0.3 is 5.97 Å². The van der Waals surface area contributed by atoms with Gasteiger partial charge in [-0.25, -0.2) is 0 Å². The summed E-state index contributed by atoms with van der Waals surface area (Å²) in [6.45, 7) is 2.53. The molecule has 0 heterocycles. The molecule has 0 saturated heterocycles. The van der Waals surface area contributed by atoms with Crippen LogP contribution in [-0.2, 0) is 14.3 Å². The van der Waals surface area contributed by atoms with Gasteiger partial charge in [0, 0.05) is 12.6 Å². The van der Waals surface area contributed by atoms with Gasteiger partial charge in [0.2, 0.25) is 5.91 Å². The molecule has 96 valence electrons. The summed E-state index contributed by atoms with van der Waals surface area (Å²) in [5.41, 5.74) is 0. The molecule has 0 aromatic carbocycles. The number of carbonyl (C=O) groups is 2. The predicted octanol–water partition coefficient (Wildman–Crippen LogP) is 0.781. The molecule has 2 saturated carbocycles. The first-order valence-corrected chi connectivity index (χ1v) is 6.28. The highest BCUT2D eigenvalue weighted by molar-refractivity contribution is 5.83. The lowest BCUT2D eigenvalue weighted by atomic mass is 10.0. The fourth-order valence-electron chi connectivity index (χ4n) is 2.56. The maximum absolute atomic E-state index is 11.8. The van der Waals surface area contributed by atoms with Gasteiger partial charge in [0.25, 0.3) is 0 Å². The molecule has 2 aliphatic rings. The van der Waals surface area contributed by atoms with Crippen molar-refractivity contribution in [1.82, 2.24) is 5.32 Å². The van der Waals surface area contributed by atoms with Crippen LogP contribution >= 0.6 is 0 Å². The summed E-state index contributed by atoms with van der Waals surface area (Å²) in [5, 5.41) is 11.9. The molecule has 0 aromatic heterocycles. The molecular formula is C12H19NO4. The van der Waals surface area contributed by atoms with E-state index in [9.17, 15) is 9.59 Å². The van der Waals surface area contributed by atoms with Gasteiger partial charge < -0.3 is 15.2 Å². The van der Waals surface area contributed by atoms with Gasteiger partial charge in [0.05, 0.1) is 17.9 Å². The van der Waals surface area contributed by atoms with E-state index in [-0.39, 0.29) is 24.0 Å². The van der Waals surface area contributed by atoms with Crippen molar-refractivity contribution >= 4 is 11.9 Å². The molecule has 5 heteroatoms. The van der Waals surface area contributed by atoms with Gasteiger partial charge in [-0.15, -0.1) is 0 Å². The zero-order valence-corrected chi connectivity index (χ0v) is 10.0. The lowest BCUT2D eigenvalue weighted by Crippen LogP contribution is -2.41. The van der Waals surface area contributed by atoms with E-state index in [0.29, 0.717) is 13.0 Å². The molecule has 17 heavy (non-hydrogen) atoms. The maximum atomic E-state index is 11.8. The Kier molecular flexibility index (Phi) is 3.66. The van der Waals surface area contributed by atoms with E-state index in [1.165, 1.54) is 0 Å². The average molecular weight is 241 g/mol. The molecule has 2 N–H and O–H groups in total. The SMILES string of the molecule is CCOC1CC1C(=O)N[C@@H]1CCC[C@@H]1C(=O)O. The highest BCUT2D eigenvalue weighted by Crippen LogP contribution is 2.35. The summed E-state index contributed by atoms with van der Waals surface area (Å²) >= 11 is 0. The minimum Gasteiger partial charge on any atom is -0.481 e. The van der Waals surface area contributed by atoms with Crippen LogP contribution in [0.1, 0.15) is 32.6 Å². The van der Waals surface area contributed by atoms with Crippen LogP contribution in [0.4, 0.5) is 0 Å². The molecule has 0 aliphatic heterocycles. The Balaban J connectivity index is 1.81. The normalized spacial score (nSPS) is 35.6. The van der Waals surface area contributed by atoms with Crippen LogP contribution in [0.15, 0.2) is 0 Å². The number of carboxylic acid groups (broad SMARTS) is 1. The molecule has 0 aromatic rings. The summed E-state index contributed by atoms with van der Waals surface area (Å²) in [5.74, 6) is -1.32. The van der Waals surface area contributed by atoms with E-state index < -0.39 is 11.9 Å². The summed E-state index contributed by atoms with van der Waals surface area (Å²) in [6.07, 6.45) is 3.13. The molecule has 2 rings (SSSR count). The number of aliphatic carboxylic acids is 1. The standard InChI is InChI=1S/C12H19NO4/c1-2-17-10-6-8(10)11(14)13-9-5-3-4-7(9)12(15)16/h7-10H,2-6H2,1H3,(H,13,14)(H,15,16)/t7-,8?,9+,10?/m0/s1. The van der Waals surface area contributed by atoms with Crippen molar-refractivity contribution in [1.29, 1.82) is 0 Å². The number of amides is 1. The molecule has 2 unspecified atom stereocenters. The predicted molar refractivity (Wildman–Crippen MR) is 60.4 cm³/mol. The van der Waals surface area contributed by atoms with Crippen LogP contribution in [0.5, 0.6) is 0 Å². The zero-order chi connectivity index (χ0) is 12.4. The summed E-state index contributed by atoms with van der Waals surface area (Å²) in [7, 11) is 0. The highest BCUT2D eigenvalue weighted by Gasteiger charge is 2.45. The molecule has 4 atom stereocenters. The Morgan fingerprint density at radius 2 is 2.12 bits per heavy atom. The van der Waals surface area contributed by atoms with Crippen LogP contribution in [0.3, 0.4) is 0 Å². The monoisotopic (exact) mass is 241 g/mol. The number of carboxylic acids is 1. The minimum atomic E-state index is -0.801. The van der Waals surface area contributed by atoms with E-state index in [0.717, 1.165) is 19.3 Å². The topological polar surface area (TPSA) is 75.6 Å². The Bertz CT molecular complexity index is 318. The summed E-state index contributed by atoms with van der Waals surface area (Å²) in [4.78, 5) is 22.8. The molecule has 0 spiro atoms. The first-order valence-electron chi connectivity index (χ1n) is 6.28. The van der Waals surface area contributed by atoms with Crippen molar-refractivity contribution in [3.63, 3.8) is 0 Å². The third kappa shape index (κ3) is 2.77. The Labute approximate surface area is 101 Å². The van der Waals surface area contributed by atoms with E-state index >= 15 is 0 Å². The highest BCUT2D eigenvalue weighted by atomic mass is 16.5. The summed E-state index contributed by atoms with van der Waals surface area (Å²) < 4.78 is 5.35. The number of nitrogens with one attached hydrogen (secondary N) is 1. The van der Waals surface area contributed by atoms with Crippen LogP contribution in [0, 0.1) is 11.8 Å². The fourth-order valence-corrected chi connectivity index (χ4v) is 2.56. The van der Waals surface area contributed by atoms with Crippen LogP contribution in [0.2, 0.25) is 0 Å². The van der Waals surface area contributed by atoms with Crippen LogP contribution in [0.25, 0.3) is 0 Å². The largest absolute Gasteiger partial charge is 0.481 e. The Hall–Kier alpha value is -1.10. The Morgan fingerprint density at radius 1 is 1.35 bits per heavy atom. The molecule has 0 radical (unpaired) electrons. The van der Waals surface area contributed by atoms with Gasteiger partial charge in [0.15, 0.2) is 0 Å². The number of ether oxygens (including phenoxy) is 1. The lowest BCUT2D eigenvalue weighted by molar-refractivity contribution is -0.142. The van der Waals surface area contributed by atoms with Gasteiger partial charge in [-0.05, 0) is 26.2 Å². The van der Waals surface area contributed by atoms with Crippen molar-refractivity contribution in [2.45, 2.75) is 44.8 Å². The second-order valence-electron chi connectivity index (χ2n) is 4.83. The number of hydrogen-bond acceptors (Lipinski definition) is 3. The number of hydrogen-bond donors (Lipinski definition) is 2. The van der Waals surface area contributed by atoms with Crippen molar-refractivity contribution in [2.75, 3.05) is 6.61 Å². The van der Waals surface area contributed by atoms with Crippen molar-refractivity contribution in [2.24, 2.45) is 11.8 Å². The number of rotatable bonds is 5. The van der Waals surface area contributed by atoms with E-state index in [1.807, 2.05) is 6.92 Å². The molecule has 2 aliphatic carbocycles. The third-order valence-electron chi connectivity index (χ3n) is 3.61. The summed E-state index contributed by atoms with van der Waals surface area (Å²) in [6, 6.07) is -0.192.